The van der Waals surface area contributed by atoms with Gasteiger partial charge in [-0.25, -0.2) is 4.79 Å². The maximum atomic E-state index is 11.7. The lowest BCUT2D eigenvalue weighted by molar-refractivity contribution is -0.135. The lowest BCUT2D eigenvalue weighted by Gasteiger charge is -2.58. The molecule has 0 amide bonds. The zero-order valence-corrected chi connectivity index (χ0v) is 14.7. The van der Waals surface area contributed by atoms with Gasteiger partial charge >= 0.3 is 5.97 Å². The fraction of sp³-hybridized carbons (Fsp3) is 0.750. The second-order valence-corrected chi connectivity index (χ2v) is 8.66. The van der Waals surface area contributed by atoms with E-state index < -0.39 is 6.10 Å². The number of allylic oxidation sites excluding steroid dienone is 2. The molecule has 1 aliphatic heterocycles. The minimum absolute atomic E-state index is 0.100. The summed E-state index contributed by atoms with van der Waals surface area (Å²) < 4.78 is 4.93. The van der Waals surface area contributed by atoms with Gasteiger partial charge in [-0.15, -0.1) is 0 Å². The lowest BCUT2D eigenvalue weighted by Crippen LogP contribution is -2.49. The van der Waals surface area contributed by atoms with E-state index in [0.717, 1.165) is 12.8 Å². The van der Waals surface area contributed by atoms with Crippen molar-refractivity contribution in [2.75, 3.05) is 6.61 Å². The largest absolute Gasteiger partial charge is 0.459 e. The molecule has 3 heteroatoms. The van der Waals surface area contributed by atoms with Crippen molar-refractivity contribution in [2.24, 2.45) is 22.7 Å². The molecule has 3 rings (SSSR count). The lowest BCUT2D eigenvalue weighted by atomic mass is 9.47. The third-order valence-electron chi connectivity index (χ3n) is 6.86. The Bertz CT molecular complexity index is 545. The van der Waals surface area contributed by atoms with Crippen molar-refractivity contribution >= 4 is 5.97 Å². The van der Waals surface area contributed by atoms with E-state index in [1.807, 2.05) is 6.08 Å². The van der Waals surface area contributed by atoms with Crippen molar-refractivity contribution in [3.63, 3.8) is 0 Å². The summed E-state index contributed by atoms with van der Waals surface area (Å²) in [5.74, 6) is 0.747. The zero-order valence-electron chi connectivity index (χ0n) is 14.7. The first-order valence-electron chi connectivity index (χ1n) is 8.98. The SMILES string of the molecule is C=C1CC[C@@H]2C(C)(C)CCC[C@@]2(C)[C@@H]1CC=C1C(=O)OCC1O. The highest BCUT2D eigenvalue weighted by molar-refractivity contribution is 5.91. The van der Waals surface area contributed by atoms with Gasteiger partial charge in [0.1, 0.15) is 12.7 Å². The summed E-state index contributed by atoms with van der Waals surface area (Å²) in [5, 5.41) is 9.90. The number of carbonyl (C=O) groups is 1. The third-order valence-corrected chi connectivity index (χ3v) is 6.86. The van der Waals surface area contributed by atoms with E-state index in [1.165, 1.54) is 31.3 Å². The molecule has 1 N–H and O–H groups in total. The molecule has 1 heterocycles. The van der Waals surface area contributed by atoms with Gasteiger partial charge in [-0.1, -0.05) is 45.4 Å². The Morgan fingerprint density at radius 1 is 1.35 bits per heavy atom. The minimum Gasteiger partial charge on any atom is -0.459 e. The van der Waals surface area contributed by atoms with Gasteiger partial charge in [-0.3, -0.25) is 0 Å². The number of fused-ring (bicyclic) bond motifs is 1. The Kier molecular flexibility index (Phi) is 4.20. The Morgan fingerprint density at radius 3 is 2.74 bits per heavy atom. The Morgan fingerprint density at radius 2 is 2.09 bits per heavy atom. The number of ether oxygens (including phenoxy) is 1. The number of cyclic esters (lactones) is 1. The number of aliphatic hydroxyl groups is 1. The predicted octanol–water partition coefficient (Wildman–Crippen LogP) is 4.02. The highest BCUT2D eigenvalue weighted by atomic mass is 16.6. The highest BCUT2D eigenvalue weighted by Gasteiger charge is 2.52. The molecule has 23 heavy (non-hydrogen) atoms. The summed E-state index contributed by atoms with van der Waals surface area (Å²) in [7, 11) is 0. The normalized spacial score (nSPS) is 41.7. The van der Waals surface area contributed by atoms with Gasteiger partial charge in [0.25, 0.3) is 0 Å². The van der Waals surface area contributed by atoms with Gasteiger partial charge < -0.3 is 9.84 Å². The molecule has 0 spiro atoms. The summed E-state index contributed by atoms with van der Waals surface area (Å²) in [6.45, 7) is 11.7. The number of carbonyl (C=O) groups excluding carboxylic acids is 1. The van der Waals surface area contributed by atoms with Crippen LogP contribution in [0, 0.1) is 22.7 Å². The molecule has 2 aliphatic carbocycles. The molecule has 2 saturated carbocycles. The average Bonchev–Trinajstić information content (AvgIpc) is 2.77. The molecular formula is C20H30O3. The van der Waals surface area contributed by atoms with Crippen molar-refractivity contribution < 1.29 is 14.6 Å². The quantitative estimate of drug-likeness (QED) is 0.475. The van der Waals surface area contributed by atoms with Crippen molar-refractivity contribution in [2.45, 2.75) is 65.4 Å². The number of hydrogen-bond donors (Lipinski definition) is 1. The van der Waals surface area contributed by atoms with Crippen LogP contribution in [0.3, 0.4) is 0 Å². The Balaban J connectivity index is 1.86. The molecule has 1 unspecified atom stereocenters. The molecule has 4 atom stereocenters. The molecule has 0 aromatic rings. The Labute approximate surface area is 139 Å². The van der Waals surface area contributed by atoms with Crippen molar-refractivity contribution in [1.29, 1.82) is 0 Å². The van der Waals surface area contributed by atoms with Gasteiger partial charge in [-0.05, 0) is 54.8 Å². The van der Waals surface area contributed by atoms with Gasteiger partial charge in [-0.2, -0.15) is 0 Å². The van der Waals surface area contributed by atoms with Crippen LogP contribution in [0.15, 0.2) is 23.8 Å². The summed E-state index contributed by atoms with van der Waals surface area (Å²) >= 11 is 0. The summed E-state index contributed by atoms with van der Waals surface area (Å²) in [5.41, 5.74) is 2.39. The number of rotatable bonds is 2. The van der Waals surface area contributed by atoms with Crippen LogP contribution in [0.4, 0.5) is 0 Å². The van der Waals surface area contributed by atoms with E-state index in [1.54, 1.807) is 0 Å². The maximum absolute atomic E-state index is 11.7. The number of esters is 1. The van der Waals surface area contributed by atoms with E-state index in [9.17, 15) is 9.90 Å². The van der Waals surface area contributed by atoms with Crippen LogP contribution >= 0.6 is 0 Å². The molecule has 0 aromatic heterocycles. The molecule has 0 aromatic carbocycles. The molecule has 0 radical (unpaired) electrons. The molecule has 0 bridgehead atoms. The highest BCUT2D eigenvalue weighted by Crippen LogP contribution is 2.61. The van der Waals surface area contributed by atoms with Crippen LogP contribution in [0.2, 0.25) is 0 Å². The van der Waals surface area contributed by atoms with E-state index in [0.29, 0.717) is 22.8 Å². The van der Waals surface area contributed by atoms with Crippen LogP contribution in [0.1, 0.15) is 59.3 Å². The average molecular weight is 318 g/mol. The first-order valence-corrected chi connectivity index (χ1v) is 8.98. The summed E-state index contributed by atoms with van der Waals surface area (Å²) in [6, 6.07) is 0. The summed E-state index contributed by atoms with van der Waals surface area (Å²) in [4.78, 5) is 11.7. The van der Waals surface area contributed by atoms with Crippen LogP contribution in [-0.2, 0) is 9.53 Å². The monoisotopic (exact) mass is 318 g/mol. The first-order chi connectivity index (χ1) is 10.8. The van der Waals surface area contributed by atoms with Crippen molar-refractivity contribution in [1.82, 2.24) is 0 Å². The standard InChI is InChI=1S/C20H30O3/c1-13-6-9-17-19(2,3)10-5-11-20(17,4)15(13)8-7-14-16(21)12-23-18(14)22/h7,15-17,21H,1,5-6,8-12H2,2-4H3/t15-,16?,17-,20+/m1/s1. The molecule has 3 aliphatic rings. The van der Waals surface area contributed by atoms with E-state index >= 15 is 0 Å². The van der Waals surface area contributed by atoms with Crippen LogP contribution in [-0.4, -0.2) is 23.8 Å². The smallest absolute Gasteiger partial charge is 0.336 e. The number of aliphatic hydroxyl groups excluding tert-OH is 1. The summed E-state index contributed by atoms with van der Waals surface area (Å²) in [6.07, 6.45) is 8.09. The van der Waals surface area contributed by atoms with Gasteiger partial charge in [0.05, 0.1) is 5.57 Å². The fourth-order valence-electron chi connectivity index (χ4n) is 5.64. The van der Waals surface area contributed by atoms with E-state index in [4.69, 9.17) is 4.74 Å². The molecule has 1 saturated heterocycles. The van der Waals surface area contributed by atoms with Crippen LogP contribution < -0.4 is 0 Å². The Hall–Kier alpha value is -1.09. The van der Waals surface area contributed by atoms with Crippen LogP contribution in [0.25, 0.3) is 0 Å². The second kappa shape index (κ2) is 5.77. The predicted molar refractivity (Wildman–Crippen MR) is 90.8 cm³/mol. The van der Waals surface area contributed by atoms with Gasteiger partial charge in [0.15, 0.2) is 0 Å². The van der Waals surface area contributed by atoms with E-state index in [2.05, 4.69) is 27.4 Å². The zero-order chi connectivity index (χ0) is 16.8. The fourth-order valence-corrected chi connectivity index (χ4v) is 5.64. The number of hydrogen-bond acceptors (Lipinski definition) is 3. The van der Waals surface area contributed by atoms with Gasteiger partial charge in [0.2, 0.25) is 0 Å². The van der Waals surface area contributed by atoms with E-state index in [-0.39, 0.29) is 18.0 Å². The maximum Gasteiger partial charge on any atom is 0.336 e. The molecule has 3 nitrogen and oxygen atoms in total. The minimum atomic E-state index is -0.759. The van der Waals surface area contributed by atoms with Crippen molar-refractivity contribution in [3.05, 3.63) is 23.8 Å². The second-order valence-electron chi connectivity index (χ2n) is 8.66. The van der Waals surface area contributed by atoms with Crippen LogP contribution in [0.5, 0.6) is 0 Å². The molecule has 128 valence electrons. The van der Waals surface area contributed by atoms with Crippen molar-refractivity contribution in [3.8, 4) is 0 Å². The molecular weight excluding hydrogens is 288 g/mol. The first kappa shape index (κ1) is 16.8. The third kappa shape index (κ3) is 2.77. The topological polar surface area (TPSA) is 46.5 Å². The van der Waals surface area contributed by atoms with Gasteiger partial charge in [0, 0.05) is 0 Å². The molecule has 3 fully saturated rings.